The first-order valence-corrected chi connectivity index (χ1v) is 7.62. The van der Waals surface area contributed by atoms with Crippen molar-refractivity contribution in [3.63, 3.8) is 0 Å². The van der Waals surface area contributed by atoms with Crippen LogP contribution in [0, 0.1) is 11.8 Å². The molecule has 21 heavy (non-hydrogen) atoms. The van der Waals surface area contributed by atoms with Crippen molar-refractivity contribution in [3.8, 4) is 11.8 Å². The molecule has 0 aliphatic heterocycles. The summed E-state index contributed by atoms with van der Waals surface area (Å²) in [5, 5.41) is 14.1. The molecular weight excluding hydrogens is 306 g/mol. The third-order valence-electron chi connectivity index (χ3n) is 2.80. The van der Waals surface area contributed by atoms with Crippen molar-refractivity contribution in [1.82, 2.24) is 5.32 Å². The van der Waals surface area contributed by atoms with Crippen LogP contribution >= 0.6 is 22.9 Å². The van der Waals surface area contributed by atoms with E-state index in [1.165, 1.54) is 11.3 Å². The zero-order valence-electron chi connectivity index (χ0n) is 11.2. The number of thiophene rings is 1. The molecule has 0 aliphatic carbocycles. The Bertz CT molecular complexity index is 685. The SMILES string of the molecule is O=C(Cc1ccccc1Cl)NCc1sccc1C#CCO. The molecule has 2 N–H and O–H groups in total. The van der Waals surface area contributed by atoms with E-state index in [0.29, 0.717) is 11.6 Å². The van der Waals surface area contributed by atoms with Gasteiger partial charge >= 0.3 is 0 Å². The summed E-state index contributed by atoms with van der Waals surface area (Å²) in [6.45, 7) is 0.255. The first-order chi connectivity index (χ1) is 10.2. The summed E-state index contributed by atoms with van der Waals surface area (Å²) >= 11 is 7.56. The summed E-state index contributed by atoms with van der Waals surface area (Å²) in [6, 6.07) is 9.18. The molecule has 0 radical (unpaired) electrons. The predicted octanol–water partition coefficient (Wildman–Crippen LogP) is 2.60. The third-order valence-corrected chi connectivity index (χ3v) is 4.09. The van der Waals surface area contributed by atoms with Crippen LogP contribution in [0.15, 0.2) is 35.7 Å². The van der Waals surface area contributed by atoms with Crippen molar-refractivity contribution in [2.45, 2.75) is 13.0 Å². The van der Waals surface area contributed by atoms with E-state index in [1.807, 2.05) is 29.6 Å². The average molecular weight is 320 g/mol. The largest absolute Gasteiger partial charge is 0.384 e. The summed E-state index contributed by atoms with van der Waals surface area (Å²) in [6.07, 6.45) is 0.253. The van der Waals surface area contributed by atoms with Gasteiger partial charge in [-0.25, -0.2) is 0 Å². The molecule has 1 heterocycles. The van der Waals surface area contributed by atoms with Crippen molar-refractivity contribution in [2.75, 3.05) is 6.61 Å². The highest BCUT2D eigenvalue weighted by molar-refractivity contribution is 7.10. The summed E-state index contributed by atoms with van der Waals surface area (Å²) in [4.78, 5) is 12.9. The van der Waals surface area contributed by atoms with Gasteiger partial charge in [-0.1, -0.05) is 41.6 Å². The maximum absolute atomic E-state index is 11.9. The lowest BCUT2D eigenvalue weighted by atomic mass is 10.1. The highest BCUT2D eigenvalue weighted by Gasteiger charge is 2.08. The second-order valence-electron chi connectivity index (χ2n) is 4.26. The Labute approximate surface area is 132 Å². The fourth-order valence-corrected chi connectivity index (χ4v) is 2.75. The van der Waals surface area contributed by atoms with Crippen LogP contribution in [0.5, 0.6) is 0 Å². The zero-order valence-corrected chi connectivity index (χ0v) is 12.8. The van der Waals surface area contributed by atoms with Gasteiger partial charge in [0, 0.05) is 15.5 Å². The van der Waals surface area contributed by atoms with E-state index in [4.69, 9.17) is 16.7 Å². The van der Waals surface area contributed by atoms with Crippen LogP contribution in [0.1, 0.15) is 16.0 Å². The van der Waals surface area contributed by atoms with Crippen molar-refractivity contribution in [3.05, 3.63) is 56.7 Å². The Morgan fingerprint density at radius 1 is 1.33 bits per heavy atom. The number of carbonyl (C=O) groups is 1. The molecule has 0 spiro atoms. The summed E-state index contributed by atoms with van der Waals surface area (Å²) in [5.74, 6) is 5.39. The van der Waals surface area contributed by atoms with Gasteiger partial charge in [0.05, 0.1) is 13.0 Å². The van der Waals surface area contributed by atoms with Crippen LogP contribution in [0.4, 0.5) is 0 Å². The van der Waals surface area contributed by atoms with E-state index < -0.39 is 0 Å². The van der Waals surface area contributed by atoms with Crippen LogP contribution < -0.4 is 5.32 Å². The van der Waals surface area contributed by atoms with E-state index in [-0.39, 0.29) is 18.9 Å². The number of amides is 1. The second kappa shape index (κ2) is 7.84. The third kappa shape index (κ3) is 4.61. The van der Waals surface area contributed by atoms with E-state index in [9.17, 15) is 4.79 Å². The van der Waals surface area contributed by atoms with Crippen LogP contribution in [0.2, 0.25) is 5.02 Å². The molecule has 0 fully saturated rings. The smallest absolute Gasteiger partial charge is 0.224 e. The molecule has 5 heteroatoms. The zero-order chi connectivity index (χ0) is 15.1. The van der Waals surface area contributed by atoms with Crippen molar-refractivity contribution < 1.29 is 9.90 Å². The number of carbonyl (C=O) groups excluding carboxylic acids is 1. The van der Waals surface area contributed by atoms with E-state index >= 15 is 0 Å². The molecule has 3 nitrogen and oxygen atoms in total. The molecule has 0 unspecified atom stereocenters. The van der Waals surface area contributed by atoms with Gasteiger partial charge in [-0.3, -0.25) is 4.79 Å². The second-order valence-corrected chi connectivity index (χ2v) is 5.67. The normalized spacial score (nSPS) is 9.81. The number of hydrogen-bond donors (Lipinski definition) is 2. The number of aliphatic hydroxyl groups is 1. The number of hydrogen-bond acceptors (Lipinski definition) is 3. The number of halogens is 1. The van der Waals surface area contributed by atoms with Gasteiger partial charge in [0.1, 0.15) is 6.61 Å². The lowest BCUT2D eigenvalue weighted by molar-refractivity contribution is -0.120. The van der Waals surface area contributed by atoms with Crippen molar-refractivity contribution >= 4 is 28.8 Å². The molecule has 2 rings (SSSR count). The topological polar surface area (TPSA) is 49.3 Å². The summed E-state index contributed by atoms with van der Waals surface area (Å²) < 4.78 is 0. The first kappa shape index (κ1) is 15.6. The van der Waals surface area contributed by atoms with Crippen LogP contribution in [0.3, 0.4) is 0 Å². The lowest BCUT2D eigenvalue weighted by Gasteiger charge is -2.06. The monoisotopic (exact) mass is 319 g/mol. The van der Waals surface area contributed by atoms with E-state index in [1.54, 1.807) is 6.07 Å². The van der Waals surface area contributed by atoms with Crippen molar-refractivity contribution in [2.24, 2.45) is 0 Å². The average Bonchev–Trinajstić information content (AvgIpc) is 2.93. The molecule has 1 amide bonds. The first-order valence-electron chi connectivity index (χ1n) is 6.37. The molecule has 108 valence electrons. The minimum Gasteiger partial charge on any atom is -0.384 e. The van der Waals surface area contributed by atoms with Crippen LogP contribution in [-0.2, 0) is 17.8 Å². The maximum Gasteiger partial charge on any atom is 0.224 e. The van der Waals surface area contributed by atoms with Gasteiger partial charge in [0.25, 0.3) is 0 Å². The van der Waals surface area contributed by atoms with Crippen LogP contribution in [0.25, 0.3) is 0 Å². The molecule has 1 aromatic carbocycles. The van der Waals surface area contributed by atoms with Gasteiger partial charge in [-0.15, -0.1) is 11.3 Å². The van der Waals surface area contributed by atoms with Gasteiger partial charge < -0.3 is 10.4 Å². The Hall–Kier alpha value is -1.80. The molecule has 0 aliphatic rings. The number of rotatable bonds is 4. The molecule has 0 saturated carbocycles. The summed E-state index contributed by atoms with van der Waals surface area (Å²) in [5.41, 5.74) is 1.65. The molecule has 0 saturated heterocycles. The van der Waals surface area contributed by atoms with Gasteiger partial charge in [0.15, 0.2) is 0 Å². The van der Waals surface area contributed by atoms with Gasteiger partial charge in [-0.2, -0.15) is 0 Å². The van der Waals surface area contributed by atoms with Gasteiger partial charge in [0.2, 0.25) is 5.91 Å². The molecule has 0 atom stereocenters. The van der Waals surface area contributed by atoms with Gasteiger partial charge in [-0.05, 0) is 23.1 Å². The highest BCUT2D eigenvalue weighted by atomic mass is 35.5. The Kier molecular flexibility index (Phi) is 5.82. The predicted molar refractivity (Wildman–Crippen MR) is 85.3 cm³/mol. The number of nitrogens with one attached hydrogen (secondary N) is 1. The fourth-order valence-electron chi connectivity index (χ4n) is 1.78. The molecule has 1 aromatic heterocycles. The number of aliphatic hydroxyl groups excluding tert-OH is 1. The molecule has 0 bridgehead atoms. The van der Waals surface area contributed by atoms with E-state index in [2.05, 4.69) is 17.2 Å². The molecular formula is C16H14ClNO2S. The lowest BCUT2D eigenvalue weighted by Crippen LogP contribution is -2.24. The Morgan fingerprint density at radius 3 is 2.90 bits per heavy atom. The molecule has 2 aromatic rings. The van der Waals surface area contributed by atoms with Crippen LogP contribution in [-0.4, -0.2) is 17.6 Å². The summed E-state index contributed by atoms with van der Waals surface area (Å²) in [7, 11) is 0. The maximum atomic E-state index is 11.9. The van der Waals surface area contributed by atoms with Crippen molar-refractivity contribution in [1.29, 1.82) is 0 Å². The number of benzene rings is 1. The van der Waals surface area contributed by atoms with E-state index in [0.717, 1.165) is 16.0 Å². The minimum absolute atomic E-state index is 0.0856. The Morgan fingerprint density at radius 2 is 2.14 bits per heavy atom. The quantitative estimate of drug-likeness (QED) is 0.851. The Balaban J connectivity index is 1.93. The fraction of sp³-hybridized carbons (Fsp3) is 0.188. The standard InChI is InChI=1S/C16H14ClNO2S/c17-14-6-2-1-4-13(14)10-16(20)18-11-15-12(5-3-8-19)7-9-21-15/h1-2,4,6-7,9,19H,8,10-11H2,(H,18,20). The minimum atomic E-state index is -0.172. The highest BCUT2D eigenvalue weighted by Crippen LogP contribution is 2.17.